The average molecular weight is 723 g/mol. The number of pyridine rings is 1. The van der Waals surface area contributed by atoms with Gasteiger partial charge in [-0.3, -0.25) is 14.6 Å². The van der Waals surface area contributed by atoms with E-state index in [0.29, 0.717) is 30.5 Å². The van der Waals surface area contributed by atoms with Gasteiger partial charge in [0.1, 0.15) is 11.9 Å². The second kappa shape index (κ2) is 17.8. The lowest BCUT2D eigenvalue weighted by Crippen LogP contribution is -2.49. The van der Waals surface area contributed by atoms with Crippen LogP contribution in [0.3, 0.4) is 0 Å². The van der Waals surface area contributed by atoms with E-state index in [4.69, 9.17) is 21.4 Å². The highest BCUT2D eigenvalue weighted by Crippen LogP contribution is 2.50. The molecule has 0 radical (unpaired) electrons. The minimum Gasteiger partial charge on any atom is -0.490 e. The molecule has 4 atom stereocenters. The number of amides is 2. The SMILES string of the molecule is CNC(=O)CN(CC(O)C(O)C(O)CCO)C(=O)CCCC(C)c1ccc(Cl)c(CNC2(c3cnccc3-c3ccccc3OC3CC3)CC2)c1. The molecule has 2 aliphatic carbocycles. The van der Waals surface area contributed by atoms with Gasteiger partial charge in [0, 0.05) is 61.7 Å². The Morgan fingerprint density at radius 2 is 1.82 bits per heavy atom. The number of benzene rings is 2. The van der Waals surface area contributed by atoms with Crippen LogP contribution in [-0.4, -0.2) is 93.3 Å². The molecule has 0 saturated heterocycles. The third kappa shape index (κ3) is 10.3. The fourth-order valence-electron chi connectivity index (χ4n) is 6.42. The van der Waals surface area contributed by atoms with Gasteiger partial charge in [0.15, 0.2) is 0 Å². The summed E-state index contributed by atoms with van der Waals surface area (Å²) in [4.78, 5) is 31.0. The first-order valence-corrected chi connectivity index (χ1v) is 18.3. The molecule has 2 aromatic carbocycles. The lowest BCUT2D eigenvalue weighted by atomic mass is 9.93. The van der Waals surface area contributed by atoms with Gasteiger partial charge in [-0.2, -0.15) is 0 Å². The predicted molar refractivity (Wildman–Crippen MR) is 195 cm³/mol. The van der Waals surface area contributed by atoms with Gasteiger partial charge in [0.25, 0.3) is 0 Å². The number of aromatic nitrogens is 1. The molecule has 276 valence electrons. The molecular weight excluding hydrogens is 672 g/mol. The number of hydrogen-bond donors (Lipinski definition) is 6. The minimum atomic E-state index is -1.57. The molecule has 1 aromatic heterocycles. The summed E-state index contributed by atoms with van der Waals surface area (Å²) in [5.74, 6) is 0.252. The van der Waals surface area contributed by atoms with E-state index in [0.717, 1.165) is 59.3 Å². The van der Waals surface area contributed by atoms with Crippen LogP contribution in [0.4, 0.5) is 0 Å². The molecule has 2 aliphatic rings. The monoisotopic (exact) mass is 722 g/mol. The molecule has 0 spiro atoms. The molecule has 5 rings (SSSR count). The third-order valence-electron chi connectivity index (χ3n) is 9.95. The van der Waals surface area contributed by atoms with Crippen molar-refractivity contribution in [3.63, 3.8) is 0 Å². The van der Waals surface area contributed by atoms with Crippen LogP contribution in [0.25, 0.3) is 11.1 Å². The normalized spacial score (nSPS) is 17.2. The van der Waals surface area contributed by atoms with Crippen LogP contribution in [0.5, 0.6) is 5.75 Å². The van der Waals surface area contributed by atoms with Crippen molar-refractivity contribution in [1.29, 1.82) is 0 Å². The van der Waals surface area contributed by atoms with Gasteiger partial charge in [-0.15, -0.1) is 0 Å². The number of nitrogens with one attached hydrogen (secondary N) is 2. The molecule has 4 unspecified atom stereocenters. The first-order chi connectivity index (χ1) is 24.5. The minimum absolute atomic E-state index is 0.116. The number of ether oxygens (including phenoxy) is 1. The van der Waals surface area contributed by atoms with Gasteiger partial charge in [-0.25, -0.2) is 0 Å². The van der Waals surface area contributed by atoms with Gasteiger partial charge in [0.05, 0.1) is 24.9 Å². The van der Waals surface area contributed by atoms with Crippen LogP contribution in [0.2, 0.25) is 5.02 Å². The Balaban J connectivity index is 1.19. The van der Waals surface area contributed by atoms with Gasteiger partial charge in [-0.1, -0.05) is 48.9 Å². The maximum Gasteiger partial charge on any atom is 0.239 e. The van der Waals surface area contributed by atoms with Gasteiger partial charge in [0.2, 0.25) is 11.8 Å². The van der Waals surface area contributed by atoms with Crippen molar-refractivity contribution in [3.8, 4) is 16.9 Å². The zero-order valence-corrected chi connectivity index (χ0v) is 30.2. The molecule has 12 heteroatoms. The highest BCUT2D eigenvalue weighted by Gasteiger charge is 2.46. The summed E-state index contributed by atoms with van der Waals surface area (Å²) in [5, 5.41) is 46.6. The van der Waals surface area contributed by atoms with Gasteiger partial charge < -0.3 is 40.7 Å². The Labute approximate surface area is 305 Å². The maximum atomic E-state index is 13.2. The summed E-state index contributed by atoms with van der Waals surface area (Å²) in [6.07, 6.45) is 5.04. The van der Waals surface area contributed by atoms with Crippen molar-refractivity contribution < 1.29 is 34.8 Å². The second-order valence-electron chi connectivity index (χ2n) is 13.9. The summed E-state index contributed by atoms with van der Waals surface area (Å²) >= 11 is 6.72. The topological polar surface area (TPSA) is 164 Å². The maximum absolute atomic E-state index is 13.2. The molecule has 3 aromatic rings. The number of nitrogens with zero attached hydrogens (tertiary/aromatic N) is 2. The zero-order chi connectivity index (χ0) is 36.5. The van der Waals surface area contributed by atoms with E-state index in [-0.39, 0.29) is 49.9 Å². The first kappa shape index (κ1) is 38.6. The highest BCUT2D eigenvalue weighted by molar-refractivity contribution is 6.31. The van der Waals surface area contributed by atoms with E-state index in [2.05, 4.69) is 40.7 Å². The summed E-state index contributed by atoms with van der Waals surface area (Å²) < 4.78 is 6.26. The van der Waals surface area contributed by atoms with E-state index in [1.54, 1.807) is 0 Å². The molecule has 11 nitrogen and oxygen atoms in total. The molecule has 1 heterocycles. The Hall–Kier alpha value is -3.58. The van der Waals surface area contributed by atoms with Crippen molar-refractivity contribution in [2.24, 2.45) is 0 Å². The van der Waals surface area contributed by atoms with E-state index in [1.165, 1.54) is 11.9 Å². The number of likely N-dealkylation sites (N-methyl/N-ethyl adjacent to an activating group) is 1. The molecule has 2 amide bonds. The average Bonchev–Trinajstić information content (AvgIpc) is 4.08. The number of carbonyl (C=O) groups is 2. The lowest BCUT2D eigenvalue weighted by Gasteiger charge is -2.29. The summed E-state index contributed by atoms with van der Waals surface area (Å²) in [6.45, 7) is 1.68. The fourth-order valence-corrected chi connectivity index (χ4v) is 6.60. The zero-order valence-electron chi connectivity index (χ0n) is 29.4. The van der Waals surface area contributed by atoms with Crippen LogP contribution in [0.1, 0.15) is 80.9 Å². The van der Waals surface area contributed by atoms with Crippen molar-refractivity contribution in [2.75, 3.05) is 26.7 Å². The van der Waals surface area contributed by atoms with Crippen molar-refractivity contribution in [3.05, 3.63) is 82.6 Å². The number of rotatable bonds is 20. The number of carbonyl (C=O) groups excluding carboxylic acids is 2. The van der Waals surface area contributed by atoms with E-state index < -0.39 is 24.2 Å². The quantitative estimate of drug-likeness (QED) is 0.101. The van der Waals surface area contributed by atoms with E-state index in [1.807, 2.05) is 42.7 Å². The molecule has 0 aliphatic heterocycles. The number of aliphatic hydroxyl groups is 4. The Kier molecular flexibility index (Phi) is 13.5. The largest absolute Gasteiger partial charge is 0.490 e. The number of hydrogen-bond acceptors (Lipinski definition) is 9. The molecular formula is C39H51ClN4O7. The standard InChI is InChI=1S/C39H51ClN4O7/c1-25(6-5-9-37(49)44(24-36(48)41-2)23-34(47)38(50)33(46)15-19-45)26-10-13-32(40)27(20-26)21-43-39(16-17-39)31-22-42-18-14-29(31)30-7-3-4-8-35(30)51-28-11-12-28/h3-4,7-8,10,13-14,18,20,22,25,28,33-34,38,43,45-47,50H,5-6,9,11-12,15-17,19,21,23-24H2,1-2H3,(H,41,48). The van der Waals surface area contributed by atoms with Gasteiger partial charge in [-0.05, 0) is 91.3 Å². The van der Waals surface area contributed by atoms with Crippen LogP contribution >= 0.6 is 11.6 Å². The fraction of sp³-hybridized carbons (Fsp3) is 0.513. The summed E-state index contributed by atoms with van der Waals surface area (Å²) in [6, 6.07) is 16.3. The number of halogens is 1. The molecule has 51 heavy (non-hydrogen) atoms. The van der Waals surface area contributed by atoms with Crippen molar-refractivity contribution in [1.82, 2.24) is 20.5 Å². The van der Waals surface area contributed by atoms with Crippen LogP contribution in [0, 0.1) is 0 Å². The van der Waals surface area contributed by atoms with Crippen LogP contribution < -0.4 is 15.4 Å². The van der Waals surface area contributed by atoms with E-state index >= 15 is 0 Å². The predicted octanol–water partition coefficient (Wildman–Crippen LogP) is 4.04. The molecule has 6 N–H and O–H groups in total. The first-order valence-electron chi connectivity index (χ1n) is 17.9. The van der Waals surface area contributed by atoms with Gasteiger partial charge >= 0.3 is 0 Å². The molecule has 0 bridgehead atoms. The lowest BCUT2D eigenvalue weighted by molar-refractivity contribution is -0.140. The van der Waals surface area contributed by atoms with Crippen molar-refractivity contribution in [2.45, 2.75) is 101 Å². The second-order valence-corrected chi connectivity index (χ2v) is 14.3. The number of aliphatic hydroxyl groups excluding tert-OH is 4. The van der Waals surface area contributed by atoms with Crippen LogP contribution in [0.15, 0.2) is 60.9 Å². The Morgan fingerprint density at radius 3 is 2.53 bits per heavy atom. The Bertz CT molecular complexity index is 1630. The van der Waals surface area contributed by atoms with Crippen LogP contribution in [-0.2, 0) is 21.7 Å². The third-order valence-corrected chi connectivity index (χ3v) is 10.3. The molecule has 2 saturated carbocycles. The molecule has 2 fully saturated rings. The Morgan fingerprint density at radius 1 is 1.06 bits per heavy atom. The summed E-state index contributed by atoms with van der Waals surface area (Å²) in [5.41, 5.74) is 5.20. The van der Waals surface area contributed by atoms with E-state index in [9.17, 15) is 24.9 Å². The highest BCUT2D eigenvalue weighted by atomic mass is 35.5. The smallest absolute Gasteiger partial charge is 0.239 e. The van der Waals surface area contributed by atoms with Crippen molar-refractivity contribution >= 4 is 23.4 Å². The summed E-state index contributed by atoms with van der Waals surface area (Å²) in [7, 11) is 1.45. The number of para-hydroxylation sites is 1.